The maximum Gasteiger partial charge on any atom is 0.408 e. The summed E-state index contributed by atoms with van der Waals surface area (Å²) in [5.41, 5.74) is 1.46. The van der Waals surface area contributed by atoms with Gasteiger partial charge in [0.2, 0.25) is 11.8 Å². The summed E-state index contributed by atoms with van der Waals surface area (Å²) in [6.07, 6.45) is -0.566. The molecule has 0 radical (unpaired) electrons. The Bertz CT molecular complexity index is 930. The number of carbonyl (C=O) groups excluding carboxylic acids is 2. The molecule has 170 valence electrons. The van der Waals surface area contributed by atoms with E-state index >= 15 is 0 Å². The number of hydrogen-bond acceptors (Lipinski definition) is 7. The number of nitrogens with zero attached hydrogens (tertiary/aromatic N) is 3. The molecule has 9 heteroatoms. The van der Waals surface area contributed by atoms with Crippen LogP contribution in [0.4, 0.5) is 10.5 Å². The minimum atomic E-state index is -0.886. The minimum Gasteiger partial charge on any atom is -0.444 e. The van der Waals surface area contributed by atoms with Crippen LogP contribution in [-0.4, -0.2) is 46.2 Å². The van der Waals surface area contributed by atoms with Gasteiger partial charge in [-0.15, -0.1) is 0 Å². The number of nitrogens with one attached hydrogen (secondary N) is 2. The van der Waals surface area contributed by atoms with Gasteiger partial charge < -0.3 is 19.9 Å². The van der Waals surface area contributed by atoms with Gasteiger partial charge in [0.25, 0.3) is 0 Å². The van der Waals surface area contributed by atoms with Crippen LogP contribution in [0.15, 0.2) is 22.7 Å². The first-order chi connectivity index (χ1) is 14.3. The minimum absolute atomic E-state index is 0.136. The highest BCUT2D eigenvalue weighted by atomic mass is 16.6. The van der Waals surface area contributed by atoms with Gasteiger partial charge in [-0.05, 0) is 72.7 Å². The number of hydrogen-bond donors (Lipinski definition) is 2. The molecule has 2 rings (SSSR count). The van der Waals surface area contributed by atoms with Crippen LogP contribution in [0, 0.1) is 13.8 Å². The third kappa shape index (κ3) is 7.36. The molecule has 0 atom stereocenters. The van der Waals surface area contributed by atoms with Crippen molar-refractivity contribution in [3.63, 3.8) is 0 Å². The van der Waals surface area contributed by atoms with Crippen molar-refractivity contribution in [1.29, 1.82) is 0 Å². The molecule has 0 aliphatic carbocycles. The van der Waals surface area contributed by atoms with Crippen molar-refractivity contribution in [3.8, 4) is 0 Å². The molecular weight excluding hydrogens is 398 g/mol. The second-order valence-electron chi connectivity index (χ2n) is 9.23. The van der Waals surface area contributed by atoms with Crippen LogP contribution >= 0.6 is 0 Å². The van der Waals surface area contributed by atoms with Crippen LogP contribution in [0.25, 0.3) is 0 Å². The average Bonchev–Trinajstić information content (AvgIpc) is 3.06. The fraction of sp³-hybridized carbons (Fsp3) is 0.545. The van der Waals surface area contributed by atoms with Gasteiger partial charge in [0.05, 0.1) is 13.1 Å². The monoisotopic (exact) mass is 431 g/mol. The molecule has 0 spiro atoms. The van der Waals surface area contributed by atoms with E-state index < -0.39 is 17.2 Å². The largest absolute Gasteiger partial charge is 0.444 e. The fourth-order valence-corrected chi connectivity index (χ4v) is 2.80. The third-order valence-corrected chi connectivity index (χ3v) is 4.54. The third-order valence-electron chi connectivity index (χ3n) is 4.54. The second-order valence-corrected chi connectivity index (χ2v) is 9.23. The Labute approximate surface area is 183 Å². The van der Waals surface area contributed by atoms with E-state index in [1.54, 1.807) is 46.6 Å². The predicted molar refractivity (Wildman–Crippen MR) is 118 cm³/mol. The number of rotatable bonds is 7. The van der Waals surface area contributed by atoms with Gasteiger partial charge in [0.15, 0.2) is 5.82 Å². The highest BCUT2D eigenvalue weighted by molar-refractivity contribution is 5.93. The zero-order valence-corrected chi connectivity index (χ0v) is 19.6. The number of ether oxygens (including phenoxy) is 1. The lowest BCUT2D eigenvalue weighted by atomic mass is 10.1. The first-order valence-electron chi connectivity index (χ1n) is 10.2. The summed E-state index contributed by atoms with van der Waals surface area (Å²) in [5, 5.41) is 9.64. The smallest absolute Gasteiger partial charge is 0.408 e. The normalized spacial score (nSPS) is 12.0. The molecule has 0 aliphatic heterocycles. The van der Waals surface area contributed by atoms with Crippen LogP contribution in [0.2, 0.25) is 0 Å². The van der Waals surface area contributed by atoms with Crippen molar-refractivity contribution in [2.24, 2.45) is 0 Å². The van der Waals surface area contributed by atoms with E-state index in [1.807, 2.05) is 32.0 Å². The average molecular weight is 432 g/mol. The van der Waals surface area contributed by atoms with E-state index in [4.69, 9.17) is 9.26 Å². The summed E-state index contributed by atoms with van der Waals surface area (Å²) in [7, 11) is 1.79. The van der Waals surface area contributed by atoms with Gasteiger partial charge in [0.1, 0.15) is 11.1 Å². The number of aryl methyl sites for hydroxylation is 1. The Morgan fingerprint density at radius 2 is 1.84 bits per heavy atom. The van der Waals surface area contributed by atoms with Crippen molar-refractivity contribution in [3.05, 3.63) is 41.0 Å². The molecule has 9 nitrogen and oxygen atoms in total. The van der Waals surface area contributed by atoms with Crippen molar-refractivity contribution < 1.29 is 18.8 Å². The van der Waals surface area contributed by atoms with E-state index in [9.17, 15) is 9.59 Å². The summed E-state index contributed by atoms with van der Waals surface area (Å²) < 4.78 is 10.6. The van der Waals surface area contributed by atoms with Gasteiger partial charge in [-0.3, -0.25) is 9.69 Å². The molecule has 1 aromatic carbocycles. The van der Waals surface area contributed by atoms with E-state index in [0.717, 1.165) is 16.8 Å². The quantitative estimate of drug-likeness (QED) is 0.690. The molecule has 0 aliphatic rings. The van der Waals surface area contributed by atoms with Gasteiger partial charge in [-0.25, -0.2) is 4.79 Å². The Balaban J connectivity index is 1.93. The molecule has 2 aromatic rings. The Morgan fingerprint density at radius 1 is 1.16 bits per heavy atom. The Hall–Kier alpha value is -2.94. The predicted octanol–water partition coefficient (Wildman–Crippen LogP) is 3.52. The summed E-state index contributed by atoms with van der Waals surface area (Å²) >= 11 is 0. The lowest BCUT2D eigenvalue weighted by Gasteiger charge is -2.26. The Kier molecular flexibility index (Phi) is 7.43. The zero-order valence-electron chi connectivity index (χ0n) is 19.6. The number of amides is 2. The molecule has 0 saturated carbocycles. The van der Waals surface area contributed by atoms with E-state index in [2.05, 4.69) is 20.8 Å². The lowest BCUT2D eigenvalue weighted by molar-refractivity contribution is -0.117. The molecule has 0 fully saturated rings. The highest BCUT2D eigenvalue weighted by Crippen LogP contribution is 2.19. The first kappa shape index (κ1) is 24.3. The summed E-state index contributed by atoms with van der Waals surface area (Å²) in [5.74, 6) is 0.528. The molecule has 1 aromatic heterocycles. The topological polar surface area (TPSA) is 110 Å². The first-order valence-corrected chi connectivity index (χ1v) is 10.2. The standard InChI is InChI=1S/C22H33N5O4/c1-14-10-9-11-16(15(14)2)23-17(28)12-27(8)13-18-24-19(26-31-18)22(6,7)25-20(29)30-21(3,4)5/h9-11H,12-13H2,1-8H3,(H,23,28)(H,25,29). The number of alkyl carbamates (subject to hydrolysis) is 1. The molecule has 1 heterocycles. The van der Waals surface area contributed by atoms with Crippen LogP contribution in [-0.2, 0) is 21.6 Å². The van der Waals surface area contributed by atoms with Crippen molar-refractivity contribution in [1.82, 2.24) is 20.4 Å². The fourth-order valence-electron chi connectivity index (χ4n) is 2.80. The van der Waals surface area contributed by atoms with Crippen molar-refractivity contribution in [2.45, 2.75) is 66.2 Å². The van der Waals surface area contributed by atoms with Crippen LogP contribution < -0.4 is 10.6 Å². The molecular formula is C22H33N5O4. The maximum atomic E-state index is 12.4. The SMILES string of the molecule is Cc1cccc(NC(=O)CN(C)Cc2nc(C(C)(C)NC(=O)OC(C)(C)C)no2)c1C. The number of likely N-dealkylation sites (N-methyl/N-ethyl adjacent to an activating group) is 1. The number of carbonyl (C=O) groups is 2. The molecule has 2 N–H and O–H groups in total. The lowest BCUT2D eigenvalue weighted by Crippen LogP contribution is -2.44. The van der Waals surface area contributed by atoms with Gasteiger partial charge in [-0.1, -0.05) is 17.3 Å². The summed E-state index contributed by atoms with van der Waals surface area (Å²) in [6, 6.07) is 5.79. The molecule has 0 saturated heterocycles. The van der Waals surface area contributed by atoms with E-state index in [-0.39, 0.29) is 19.0 Å². The molecule has 2 amide bonds. The molecule has 0 bridgehead atoms. The van der Waals surface area contributed by atoms with Crippen LogP contribution in [0.5, 0.6) is 0 Å². The van der Waals surface area contributed by atoms with Gasteiger partial charge in [0, 0.05) is 5.69 Å². The van der Waals surface area contributed by atoms with Crippen LogP contribution in [0.1, 0.15) is 57.5 Å². The van der Waals surface area contributed by atoms with Crippen molar-refractivity contribution >= 4 is 17.7 Å². The van der Waals surface area contributed by atoms with Gasteiger partial charge >= 0.3 is 6.09 Å². The summed E-state index contributed by atoms with van der Waals surface area (Å²) in [6.45, 7) is 13.3. The van der Waals surface area contributed by atoms with Crippen molar-refractivity contribution in [2.75, 3.05) is 18.9 Å². The van der Waals surface area contributed by atoms with E-state index in [0.29, 0.717) is 11.7 Å². The highest BCUT2D eigenvalue weighted by Gasteiger charge is 2.31. The van der Waals surface area contributed by atoms with Crippen LogP contribution in [0.3, 0.4) is 0 Å². The molecule has 0 unspecified atom stereocenters. The zero-order chi connectivity index (χ0) is 23.4. The number of anilines is 1. The second kappa shape index (κ2) is 9.47. The number of aromatic nitrogens is 2. The molecule has 31 heavy (non-hydrogen) atoms. The number of benzene rings is 1. The van der Waals surface area contributed by atoms with Gasteiger partial charge in [-0.2, -0.15) is 4.98 Å². The van der Waals surface area contributed by atoms with E-state index in [1.165, 1.54) is 0 Å². The Morgan fingerprint density at radius 3 is 2.48 bits per heavy atom. The maximum absolute atomic E-state index is 12.4. The summed E-state index contributed by atoms with van der Waals surface area (Å²) in [4.78, 5) is 30.6.